The largest absolute Gasteiger partial charge is 0.442 e. The second kappa shape index (κ2) is 12.9. The van der Waals surface area contributed by atoms with Gasteiger partial charge >= 0.3 is 12.3 Å². The van der Waals surface area contributed by atoms with Crippen LogP contribution in [0.25, 0.3) is 11.1 Å². The van der Waals surface area contributed by atoms with Crippen LogP contribution in [-0.4, -0.2) is 23.5 Å². The summed E-state index contributed by atoms with van der Waals surface area (Å²) in [5.41, 5.74) is 3.28. The highest BCUT2D eigenvalue weighted by Crippen LogP contribution is 2.31. The summed E-state index contributed by atoms with van der Waals surface area (Å²) in [4.78, 5) is 29.8. The SMILES string of the molecule is C[C@@H](OC(=O)NCc1ccccc1-c1ccccc1C(=O)NCCc1ccccn1)c1ccc(C(F)(F)F)cc1. The Labute approximate surface area is 230 Å². The Balaban J connectivity index is 1.40. The fraction of sp³-hybridized carbons (Fsp3) is 0.194. The lowest BCUT2D eigenvalue weighted by atomic mass is 9.95. The van der Waals surface area contributed by atoms with E-state index in [0.717, 1.165) is 29.0 Å². The zero-order valence-electron chi connectivity index (χ0n) is 21.7. The molecule has 0 aliphatic rings. The summed E-state index contributed by atoms with van der Waals surface area (Å²) in [6, 6.07) is 24.7. The van der Waals surface area contributed by atoms with Crippen molar-refractivity contribution in [3.8, 4) is 11.1 Å². The fourth-order valence-corrected chi connectivity index (χ4v) is 4.18. The number of amides is 2. The number of carbonyl (C=O) groups excluding carboxylic acids is 2. The van der Waals surface area contributed by atoms with E-state index in [0.29, 0.717) is 29.7 Å². The minimum absolute atomic E-state index is 0.115. The maximum absolute atomic E-state index is 13.1. The summed E-state index contributed by atoms with van der Waals surface area (Å²) < 4.78 is 43.8. The van der Waals surface area contributed by atoms with Crippen LogP contribution in [0.4, 0.5) is 18.0 Å². The number of benzene rings is 3. The van der Waals surface area contributed by atoms with E-state index in [2.05, 4.69) is 15.6 Å². The number of aromatic nitrogens is 1. The van der Waals surface area contributed by atoms with Crippen LogP contribution in [0, 0.1) is 0 Å². The van der Waals surface area contributed by atoms with Gasteiger partial charge in [-0.05, 0) is 59.5 Å². The van der Waals surface area contributed by atoms with E-state index >= 15 is 0 Å². The van der Waals surface area contributed by atoms with E-state index in [1.165, 1.54) is 12.1 Å². The maximum atomic E-state index is 13.1. The number of nitrogens with one attached hydrogen (secondary N) is 2. The number of rotatable bonds is 9. The molecule has 0 saturated heterocycles. The number of hydrogen-bond acceptors (Lipinski definition) is 4. The first kappa shape index (κ1) is 28.4. The third kappa shape index (κ3) is 7.47. The molecule has 6 nitrogen and oxygen atoms in total. The van der Waals surface area contributed by atoms with Crippen LogP contribution in [0.3, 0.4) is 0 Å². The molecular formula is C31H28F3N3O3. The minimum Gasteiger partial charge on any atom is -0.442 e. The molecule has 0 spiro atoms. The molecule has 0 bridgehead atoms. The summed E-state index contributed by atoms with van der Waals surface area (Å²) in [6.07, 6.45) is -3.60. The summed E-state index contributed by atoms with van der Waals surface area (Å²) in [7, 11) is 0. The lowest BCUT2D eigenvalue weighted by Gasteiger charge is -2.17. The molecule has 1 aromatic heterocycles. The van der Waals surface area contributed by atoms with Crippen LogP contribution in [0.15, 0.2) is 97.2 Å². The summed E-state index contributed by atoms with van der Waals surface area (Å²) in [5.74, 6) is -0.223. The maximum Gasteiger partial charge on any atom is 0.416 e. The molecule has 3 aromatic carbocycles. The number of alkyl carbamates (subject to hydrolysis) is 1. The van der Waals surface area contributed by atoms with Gasteiger partial charge in [0.1, 0.15) is 6.10 Å². The van der Waals surface area contributed by atoms with Crippen molar-refractivity contribution < 1.29 is 27.5 Å². The van der Waals surface area contributed by atoms with Crippen molar-refractivity contribution in [2.45, 2.75) is 32.2 Å². The second-order valence-corrected chi connectivity index (χ2v) is 9.05. The van der Waals surface area contributed by atoms with Gasteiger partial charge in [0.05, 0.1) is 5.56 Å². The first-order valence-corrected chi connectivity index (χ1v) is 12.7. The van der Waals surface area contributed by atoms with Crippen LogP contribution >= 0.6 is 0 Å². The second-order valence-electron chi connectivity index (χ2n) is 9.05. The van der Waals surface area contributed by atoms with Gasteiger partial charge < -0.3 is 15.4 Å². The van der Waals surface area contributed by atoms with Gasteiger partial charge in [-0.1, -0.05) is 60.7 Å². The Hall–Kier alpha value is -4.66. The average Bonchev–Trinajstić information content (AvgIpc) is 2.96. The molecule has 1 heterocycles. The molecule has 4 aromatic rings. The van der Waals surface area contributed by atoms with Crippen molar-refractivity contribution in [1.82, 2.24) is 15.6 Å². The standard InChI is InChI=1S/C31H28F3N3O3/c1-21(22-13-15-24(16-14-22)31(32,33)34)40-30(39)37-20-23-8-2-3-10-26(23)27-11-4-5-12-28(27)29(38)36-19-17-25-9-6-7-18-35-25/h2-16,18,21H,17,19-20H2,1H3,(H,36,38)(H,37,39)/t21-/m1/s1. The average molecular weight is 548 g/mol. The molecule has 4 rings (SSSR count). The van der Waals surface area contributed by atoms with Gasteiger partial charge in [0, 0.05) is 37.0 Å². The quantitative estimate of drug-likeness (QED) is 0.244. The van der Waals surface area contributed by atoms with Crippen molar-refractivity contribution in [1.29, 1.82) is 0 Å². The third-order valence-corrected chi connectivity index (χ3v) is 6.29. The zero-order valence-corrected chi connectivity index (χ0v) is 21.7. The van der Waals surface area contributed by atoms with Gasteiger partial charge in [-0.2, -0.15) is 13.2 Å². The number of pyridine rings is 1. The van der Waals surface area contributed by atoms with Gasteiger partial charge in [-0.15, -0.1) is 0 Å². The molecule has 0 saturated carbocycles. The Bertz CT molecular complexity index is 1440. The smallest absolute Gasteiger partial charge is 0.416 e. The molecule has 0 unspecified atom stereocenters. The third-order valence-electron chi connectivity index (χ3n) is 6.29. The highest BCUT2D eigenvalue weighted by molar-refractivity contribution is 6.01. The fourth-order valence-electron chi connectivity index (χ4n) is 4.18. The van der Waals surface area contributed by atoms with Crippen LogP contribution in [0.5, 0.6) is 0 Å². The normalized spacial score (nSPS) is 11.9. The minimum atomic E-state index is -4.44. The highest BCUT2D eigenvalue weighted by atomic mass is 19.4. The molecule has 0 aliphatic carbocycles. The zero-order chi connectivity index (χ0) is 28.5. The monoisotopic (exact) mass is 547 g/mol. The number of carbonyl (C=O) groups is 2. The van der Waals surface area contributed by atoms with E-state index < -0.39 is 23.9 Å². The highest BCUT2D eigenvalue weighted by Gasteiger charge is 2.30. The van der Waals surface area contributed by atoms with Crippen LogP contribution in [0.2, 0.25) is 0 Å². The van der Waals surface area contributed by atoms with Gasteiger partial charge in [0.25, 0.3) is 5.91 Å². The molecule has 0 radical (unpaired) electrons. The van der Waals surface area contributed by atoms with E-state index in [1.54, 1.807) is 25.3 Å². The predicted molar refractivity (Wildman–Crippen MR) is 145 cm³/mol. The summed E-state index contributed by atoms with van der Waals surface area (Å²) >= 11 is 0. The Morgan fingerprint density at radius 1 is 0.850 bits per heavy atom. The predicted octanol–water partition coefficient (Wildman–Crippen LogP) is 6.73. The molecule has 0 aliphatic heterocycles. The van der Waals surface area contributed by atoms with Gasteiger partial charge in [0.2, 0.25) is 0 Å². The van der Waals surface area contributed by atoms with Crippen LogP contribution < -0.4 is 10.6 Å². The van der Waals surface area contributed by atoms with E-state index in [1.807, 2.05) is 54.6 Å². The Morgan fingerprint density at radius 2 is 1.52 bits per heavy atom. The first-order chi connectivity index (χ1) is 19.2. The van der Waals surface area contributed by atoms with E-state index in [-0.39, 0.29) is 12.5 Å². The molecular weight excluding hydrogens is 519 g/mol. The number of ether oxygens (including phenoxy) is 1. The molecule has 206 valence electrons. The van der Waals surface area contributed by atoms with Gasteiger partial charge in [-0.3, -0.25) is 9.78 Å². The molecule has 2 amide bonds. The lowest BCUT2D eigenvalue weighted by molar-refractivity contribution is -0.137. The topological polar surface area (TPSA) is 80.3 Å². The number of nitrogens with zero attached hydrogens (tertiary/aromatic N) is 1. The van der Waals surface area contributed by atoms with E-state index in [4.69, 9.17) is 4.74 Å². The van der Waals surface area contributed by atoms with Crippen molar-refractivity contribution in [3.63, 3.8) is 0 Å². The van der Waals surface area contributed by atoms with Gasteiger partial charge in [-0.25, -0.2) is 4.79 Å². The number of halogens is 3. The van der Waals surface area contributed by atoms with Crippen molar-refractivity contribution in [3.05, 3.63) is 125 Å². The van der Waals surface area contributed by atoms with Crippen LogP contribution in [-0.2, 0) is 23.9 Å². The number of hydrogen-bond donors (Lipinski definition) is 2. The molecule has 2 N–H and O–H groups in total. The van der Waals surface area contributed by atoms with Crippen LogP contribution in [0.1, 0.15) is 45.8 Å². The lowest BCUT2D eigenvalue weighted by Crippen LogP contribution is -2.27. The summed E-state index contributed by atoms with van der Waals surface area (Å²) in [5, 5.41) is 5.64. The molecule has 9 heteroatoms. The molecule has 0 fully saturated rings. The van der Waals surface area contributed by atoms with Crippen molar-refractivity contribution in [2.24, 2.45) is 0 Å². The Kier molecular flexibility index (Phi) is 9.16. The summed E-state index contributed by atoms with van der Waals surface area (Å²) in [6.45, 7) is 2.12. The molecule has 1 atom stereocenters. The van der Waals surface area contributed by atoms with Gasteiger partial charge in [0.15, 0.2) is 0 Å². The Morgan fingerprint density at radius 3 is 2.23 bits per heavy atom. The molecule has 40 heavy (non-hydrogen) atoms. The first-order valence-electron chi connectivity index (χ1n) is 12.7. The van der Waals surface area contributed by atoms with Crippen molar-refractivity contribution >= 4 is 12.0 Å². The number of alkyl halides is 3. The van der Waals surface area contributed by atoms with Crippen molar-refractivity contribution in [2.75, 3.05) is 6.54 Å². The van der Waals surface area contributed by atoms with E-state index in [9.17, 15) is 22.8 Å².